The van der Waals surface area contributed by atoms with Gasteiger partial charge in [-0.05, 0) is 12.8 Å². The van der Waals surface area contributed by atoms with Gasteiger partial charge >= 0.3 is 0 Å². The lowest BCUT2D eigenvalue weighted by molar-refractivity contribution is -0.125. The van der Waals surface area contributed by atoms with Gasteiger partial charge in [0.1, 0.15) is 0 Å². The van der Waals surface area contributed by atoms with E-state index in [0.29, 0.717) is 6.54 Å². The van der Waals surface area contributed by atoms with Crippen LogP contribution in [0.25, 0.3) is 0 Å². The lowest BCUT2D eigenvalue weighted by atomic mass is 10.0. The second-order valence-electron chi connectivity index (χ2n) is 4.22. The second kappa shape index (κ2) is 8.69. The summed E-state index contributed by atoms with van der Waals surface area (Å²) in [4.78, 5) is 15.9. The molecule has 0 bridgehead atoms. The molecule has 1 fully saturated rings. The predicted octanol–water partition coefficient (Wildman–Crippen LogP) is 1.77. The van der Waals surface area contributed by atoms with Crippen molar-refractivity contribution in [3.8, 4) is 0 Å². The Morgan fingerprint density at radius 3 is 2.83 bits per heavy atom. The van der Waals surface area contributed by atoms with E-state index in [0.717, 1.165) is 31.4 Å². The van der Waals surface area contributed by atoms with Crippen LogP contribution in [0.2, 0.25) is 0 Å². The van der Waals surface area contributed by atoms with Crippen molar-refractivity contribution in [2.75, 3.05) is 6.54 Å². The van der Waals surface area contributed by atoms with Gasteiger partial charge in [0.15, 0.2) is 0 Å². The van der Waals surface area contributed by atoms with Crippen molar-refractivity contribution in [2.24, 2.45) is 11.7 Å². The van der Waals surface area contributed by atoms with Crippen LogP contribution < -0.4 is 11.1 Å². The molecule has 18 heavy (non-hydrogen) atoms. The Morgan fingerprint density at radius 1 is 1.50 bits per heavy atom. The SMILES string of the molecule is Cl.Cl.NC1CCCC1C(=O)NCCc1cscn1. The highest BCUT2D eigenvalue weighted by Crippen LogP contribution is 2.23. The monoisotopic (exact) mass is 311 g/mol. The van der Waals surface area contributed by atoms with Gasteiger partial charge < -0.3 is 11.1 Å². The van der Waals surface area contributed by atoms with Crippen molar-refractivity contribution in [3.63, 3.8) is 0 Å². The zero-order valence-corrected chi connectivity index (χ0v) is 12.5. The normalized spacial score (nSPS) is 21.8. The number of thiazole rings is 1. The molecule has 0 aliphatic heterocycles. The molecule has 2 unspecified atom stereocenters. The molecule has 7 heteroatoms. The largest absolute Gasteiger partial charge is 0.355 e. The first-order valence-corrected chi connectivity index (χ1v) is 6.62. The third-order valence-corrected chi connectivity index (χ3v) is 3.71. The molecule has 0 saturated heterocycles. The third-order valence-electron chi connectivity index (χ3n) is 3.07. The van der Waals surface area contributed by atoms with Crippen molar-refractivity contribution in [2.45, 2.75) is 31.7 Å². The maximum atomic E-state index is 11.8. The first kappa shape index (κ1) is 17.6. The van der Waals surface area contributed by atoms with Crippen molar-refractivity contribution >= 4 is 42.1 Å². The minimum atomic E-state index is 0. The van der Waals surface area contributed by atoms with Gasteiger partial charge in [-0.25, -0.2) is 4.98 Å². The number of nitrogens with two attached hydrogens (primary N) is 1. The van der Waals surface area contributed by atoms with Gasteiger partial charge in [-0.1, -0.05) is 6.42 Å². The van der Waals surface area contributed by atoms with Gasteiger partial charge in [-0.3, -0.25) is 4.79 Å². The number of hydrogen-bond acceptors (Lipinski definition) is 4. The van der Waals surface area contributed by atoms with E-state index < -0.39 is 0 Å². The molecule has 0 aromatic carbocycles. The molecular weight excluding hydrogens is 293 g/mol. The van der Waals surface area contributed by atoms with E-state index in [1.54, 1.807) is 11.3 Å². The van der Waals surface area contributed by atoms with Crippen LogP contribution in [0.3, 0.4) is 0 Å². The number of nitrogens with zero attached hydrogens (tertiary/aromatic N) is 1. The summed E-state index contributed by atoms with van der Waals surface area (Å²) < 4.78 is 0. The summed E-state index contributed by atoms with van der Waals surface area (Å²) in [5, 5.41) is 4.95. The summed E-state index contributed by atoms with van der Waals surface area (Å²) in [5.74, 6) is 0.135. The van der Waals surface area contributed by atoms with Gasteiger partial charge in [0.25, 0.3) is 0 Å². The predicted molar refractivity (Wildman–Crippen MR) is 78.6 cm³/mol. The minimum Gasteiger partial charge on any atom is -0.355 e. The van der Waals surface area contributed by atoms with Crippen LogP contribution in [0.4, 0.5) is 0 Å². The van der Waals surface area contributed by atoms with Crippen LogP contribution in [-0.4, -0.2) is 23.5 Å². The lowest BCUT2D eigenvalue weighted by Gasteiger charge is -2.14. The van der Waals surface area contributed by atoms with Crippen molar-refractivity contribution in [1.29, 1.82) is 0 Å². The summed E-state index contributed by atoms with van der Waals surface area (Å²) in [6.45, 7) is 0.659. The third kappa shape index (κ3) is 4.72. The zero-order valence-electron chi connectivity index (χ0n) is 10.0. The van der Waals surface area contributed by atoms with Gasteiger partial charge in [0.2, 0.25) is 5.91 Å². The fourth-order valence-corrected chi connectivity index (χ4v) is 2.71. The van der Waals surface area contributed by atoms with E-state index in [1.165, 1.54) is 0 Å². The molecule has 4 nitrogen and oxygen atoms in total. The number of halogens is 2. The standard InChI is InChI=1S/C11H17N3OS.2ClH/c12-10-3-1-2-9(10)11(15)13-5-4-8-6-16-7-14-8;;/h6-7,9-10H,1-5,12H2,(H,13,15);2*1H. The molecule has 1 amide bonds. The van der Waals surface area contributed by atoms with Crippen LogP contribution in [0.15, 0.2) is 10.9 Å². The van der Waals surface area contributed by atoms with Crippen LogP contribution in [0.1, 0.15) is 25.0 Å². The highest BCUT2D eigenvalue weighted by Gasteiger charge is 2.29. The molecule has 1 saturated carbocycles. The average Bonchev–Trinajstić information content (AvgIpc) is 2.88. The van der Waals surface area contributed by atoms with Crippen LogP contribution >= 0.6 is 36.2 Å². The molecule has 1 aliphatic rings. The Bertz CT molecular complexity index is 348. The molecular formula is C11H19Cl2N3OS. The van der Waals surface area contributed by atoms with Gasteiger partial charge in [-0.2, -0.15) is 0 Å². The van der Waals surface area contributed by atoms with Crippen LogP contribution in [-0.2, 0) is 11.2 Å². The Hall–Kier alpha value is -0.360. The van der Waals surface area contributed by atoms with E-state index in [-0.39, 0.29) is 42.7 Å². The Morgan fingerprint density at radius 2 is 2.28 bits per heavy atom. The first-order chi connectivity index (χ1) is 7.77. The zero-order chi connectivity index (χ0) is 11.4. The van der Waals surface area contributed by atoms with Crippen LogP contribution in [0, 0.1) is 5.92 Å². The fourth-order valence-electron chi connectivity index (χ4n) is 2.12. The number of hydrogen-bond donors (Lipinski definition) is 2. The number of rotatable bonds is 4. The maximum Gasteiger partial charge on any atom is 0.224 e. The van der Waals surface area contributed by atoms with E-state index in [9.17, 15) is 4.79 Å². The molecule has 1 heterocycles. The number of aromatic nitrogens is 1. The number of nitrogens with one attached hydrogen (secondary N) is 1. The molecule has 0 radical (unpaired) electrons. The molecule has 1 aliphatic carbocycles. The molecule has 1 aromatic heterocycles. The molecule has 2 atom stereocenters. The molecule has 104 valence electrons. The first-order valence-electron chi connectivity index (χ1n) is 5.67. The average molecular weight is 312 g/mol. The van der Waals surface area contributed by atoms with Gasteiger partial charge in [0.05, 0.1) is 17.1 Å². The number of carbonyl (C=O) groups excluding carboxylic acids is 1. The van der Waals surface area contributed by atoms with Crippen molar-refractivity contribution in [1.82, 2.24) is 10.3 Å². The Labute approximate surface area is 124 Å². The summed E-state index contributed by atoms with van der Waals surface area (Å²) >= 11 is 1.58. The number of amides is 1. The summed E-state index contributed by atoms with van der Waals surface area (Å²) in [6.07, 6.45) is 3.79. The Balaban J connectivity index is 0.00000144. The molecule has 1 aromatic rings. The highest BCUT2D eigenvalue weighted by molar-refractivity contribution is 7.07. The summed E-state index contributed by atoms with van der Waals surface area (Å²) in [5.41, 5.74) is 8.73. The quantitative estimate of drug-likeness (QED) is 0.890. The second-order valence-corrected chi connectivity index (χ2v) is 4.94. The van der Waals surface area contributed by atoms with Crippen molar-refractivity contribution in [3.05, 3.63) is 16.6 Å². The Kier molecular flexibility index (Phi) is 8.52. The van der Waals surface area contributed by atoms with Gasteiger partial charge in [0, 0.05) is 24.4 Å². The van der Waals surface area contributed by atoms with Gasteiger partial charge in [-0.15, -0.1) is 36.2 Å². The van der Waals surface area contributed by atoms with E-state index in [1.807, 2.05) is 10.9 Å². The molecule has 3 N–H and O–H groups in total. The lowest BCUT2D eigenvalue weighted by Crippen LogP contribution is -2.39. The van der Waals surface area contributed by atoms with E-state index >= 15 is 0 Å². The van der Waals surface area contributed by atoms with Crippen molar-refractivity contribution < 1.29 is 4.79 Å². The van der Waals surface area contributed by atoms with E-state index in [4.69, 9.17) is 5.73 Å². The highest BCUT2D eigenvalue weighted by atomic mass is 35.5. The molecule has 0 spiro atoms. The number of carbonyl (C=O) groups is 1. The molecule has 2 rings (SSSR count). The minimum absolute atomic E-state index is 0. The smallest absolute Gasteiger partial charge is 0.224 e. The fraction of sp³-hybridized carbons (Fsp3) is 0.636. The van der Waals surface area contributed by atoms with Crippen LogP contribution in [0.5, 0.6) is 0 Å². The summed E-state index contributed by atoms with van der Waals surface area (Å²) in [6, 6.07) is 0.0549. The van der Waals surface area contributed by atoms with E-state index in [2.05, 4.69) is 10.3 Å². The maximum absolute atomic E-state index is 11.8. The summed E-state index contributed by atoms with van der Waals surface area (Å²) in [7, 11) is 0. The topological polar surface area (TPSA) is 68.0 Å².